The fourth-order valence-electron chi connectivity index (χ4n) is 2.40. The van der Waals surface area contributed by atoms with Crippen LogP contribution in [0.4, 0.5) is 0 Å². The average Bonchev–Trinajstić information content (AvgIpc) is 2.29. The van der Waals surface area contributed by atoms with Crippen LogP contribution in [0.1, 0.15) is 58.8 Å². The van der Waals surface area contributed by atoms with Crippen molar-refractivity contribution in [3.05, 3.63) is 0 Å². The van der Waals surface area contributed by atoms with E-state index in [1.54, 1.807) is 0 Å². The third-order valence-electron chi connectivity index (χ3n) is 3.49. The van der Waals surface area contributed by atoms with Crippen LogP contribution in [-0.4, -0.2) is 34.1 Å². The number of aliphatic carboxylic acids is 1. The minimum absolute atomic E-state index is 0.000916. The molecule has 1 rings (SSSR count). The largest absolute Gasteiger partial charge is 0.481 e. The van der Waals surface area contributed by atoms with Crippen molar-refractivity contribution in [1.82, 2.24) is 10.4 Å². The molecule has 1 aliphatic heterocycles. The van der Waals surface area contributed by atoms with E-state index < -0.39 is 5.97 Å². The first-order valence-electron chi connectivity index (χ1n) is 6.80. The number of carbonyl (C=O) groups excluding carboxylic acids is 1. The van der Waals surface area contributed by atoms with Crippen molar-refractivity contribution < 1.29 is 14.7 Å². The molecule has 104 valence electrons. The molecule has 1 aliphatic rings. The number of rotatable bonds is 6. The van der Waals surface area contributed by atoms with Gasteiger partial charge in [0.1, 0.15) is 0 Å². The van der Waals surface area contributed by atoms with Crippen molar-refractivity contribution in [2.75, 3.05) is 0 Å². The maximum Gasteiger partial charge on any atom is 0.303 e. The van der Waals surface area contributed by atoms with Crippen LogP contribution in [0.5, 0.6) is 0 Å². The second-order valence-corrected chi connectivity index (χ2v) is 5.17. The summed E-state index contributed by atoms with van der Waals surface area (Å²) in [6.07, 6.45) is 5.19. The lowest BCUT2D eigenvalue weighted by molar-refractivity contribution is -0.137. The number of piperidine rings is 1. The Kier molecular flexibility index (Phi) is 6.12. The van der Waals surface area contributed by atoms with Gasteiger partial charge in [-0.2, -0.15) is 0 Å². The Labute approximate surface area is 109 Å². The lowest BCUT2D eigenvalue weighted by Gasteiger charge is -2.38. The summed E-state index contributed by atoms with van der Waals surface area (Å²) in [5.74, 6) is -0.797. The summed E-state index contributed by atoms with van der Waals surface area (Å²) in [5, 5.41) is 10.5. The number of hydrazine groups is 1. The van der Waals surface area contributed by atoms with Crippen molar-refractivity contribution in [2.24, 2.45) is 0 Å². The Morgan fingerprint density at radius 3 is 2.28 bits per heavy atom. The maximum atomic E-state index is 11.7. The fraction of sp³-hybridized carbons (Fsp3) is 0.846. The van der Waals surface area contributed by atoms with Crippen LogP contribution in [0.15, 0.2) is 0 Å². The van der Waals surface area contributed by atoms with Gasteiger partial charge in [0.2, 0.25) is 5.91 Å². The summed E-state index contributed by atoms with van der Waals surface area (Å²) in [7, 11) is 0. The second kappa shape index (κ2) is 7.36. The van der Waals surface area contributed by atoms with Crippen molar-refractivity contribution in [3.63, 3.8) is 0 Å². The van der Waals surface area contributed by atoms with E-state index in [2.05, 4.69) is 19.3 Å². The highest BCUT2D eigenvalue weighted by Gasteiger charge is 2.25. The first kappa shape index (κ1) is 15.0. The van der Waals surface area contributed by atoms with Crippen LogP contribution in [0.2, 0.25) is 0 Å². The molecule has 18 heavy (non-hydrogen) atoms. The van der Waals surface area contributed by atoms with Crippen LogP contribution in [0.3, 0.4) is 0 Å². The topological polar surface area (TPSA) is 69.6 Å². The highest BCUT2D eigenvalue weighted by Crippen LogP contribution is 2.20. The number of nitrogens with zero attached hydrogens (tertiary/aromatic N) is 1. The van der Waals surface area contributed by atoms with Gasteiger partial charge in [-0.05, 0) is 39.5 Å². The predicted octanol–water partition coefficient (Wildman–Crippen LogP) is 1.93. The number of carbonyl (C=O) groups is 2. The van der Waals surface area contributed by atoms with E-state index in [1.807, 2.05) is 5.01 Å². The lowest BCUT2D eigenvalue weighted by Crippen LogP contribution is -2.54. The Hall–Kier alpha value is -1.10. The summed E-state index contributed by atoms with van der Waals surface area (Å²) < 4.78 is 0. The van der Waals surface area contributed by atoms with Crippen molar-refractivity contribution in [2.45, 2.75) is 70.9 Å². The zero-order valence-electron chi connectivity index (χ0n) is 11.3. The third-order valence-corrected chi connectivity index (χ3v) is 3.49. The Morgan fingerprint density at radius 1 is 1.17 bits per heavy atom. The Bertz CT molecular complexity index is 284. The molecule has 1 heterocycles. The summed E-state index contributed by atoms with van der Waals surface area (Å²) in [5.41, 5.74) is 2.95. The first-order chi connectivity index (χ1) is 8.50. The summed E-state index contributed by atoms with van der Waals surface area (Å²) in [6.45, 7) is 4.25. The van der Waals surface area contributed by atoms with Gasteiger partial charge in [0.15, 0.2) is 0 Å². The Balaban J connectivity index is 2.24. The molecule has 2 N–H and O–H groups in total. The molecule has 0 bridgehead atoms. The number of hydrogen-bond acceptors (Lipinski definition) is 3. The van der Waals surface area contributed by atoms with Gasteiger partial charge in [-0.15, -0.1) is 0 Å². The van der Waals surface area contributed by atoms with Gasteiger partial charge in [0, 0.05) is 24.9 Å². The summed E-state index contributed by atoms with van der Waals surface area (Å²) in [4.78, 5) is 22.1. The van der Waals surface area contributed by atoms with Gasteiger partial charge in [0.25, 0.3) is 0 Å². The van der Waals surface area contributed by atoms with Crippen LogP contribution in [0, 0.1) is 0 Å². The monoisotopic (exact) mass is 256 g/mol. The highest BCUT2D eigenvalue weighted by atomic mass is 16.4. The summed E-state index contributed by atoms with van der Waals surface area (Å²) in [6, 6.07) is 0.772. The van der Waals surface area contributed by atoms with E-state index in [-0.39, 0.29) is 12.3 Å². The molecule has 0 aliphatic carbocycles. The van der Waals surface area contributed by atoms with Crippen molar-refractivity contribution in [1.29, 1.82) is 0 Å². The molecule has 1 saturated heterocycles. The molecule has 0 aromatic heterocycles. The maximum absolute atomic E-state index is 11.7. The van der Waals surface area contributed by atoms with E-state index in [4.69, 9.17) is 5.11 Å². The van der Waals surface area contributed by atoms with Gasteiger partial charge in [0.05, 0.1) is 0 Å². The lowest BCUT2D eigenvalue weighted by atomic mass is 10.00. The molecule has 2 atom stereocenters. The van der Waals surface area contributed by atoms with Gasteiger partial charge in [-0.1, -0.05) is 6.42 Å². The SMILES string of the molecule is CC1CCCC(C)N1NC(=O)CCCCC(=O)O. The number of hydrogen-bond donors (Lipinski definition) is 2. The highest BCUT2D eigenvalue weighted by molar-refractivity contribution is 5.75. The van der Waals surface area contributed by atoms with Gasteiger partial charge >= 0.3 is 5.97 Å². The predicted molar refractivity (Wildman–Crippen MR) is 68.9 cm³/mol. The zero-order valence-corrected chi connectivity index (χ0v) is 11.3. The smallest absolute Gasteiger partial charge is 0.303 e. The van der Waals surface area contributed by atoms with Crippen molar-refractivity contribution in [3.8, 4) is 0 Å². The van der Waals surface area contributed by atoms with Gasteiger partial charge < -0.3 is 5.11 Å². The van der Waals surface area contributed by atoms with Gasteiger partial charge in [-0.25, -0.2) is 5.01 Å². The van der Waals surface area contributed by atoms with Crippen LogP contribution in [0.25, 0.3) is 0 Å². The van der Waals surface area contributed by atoms with Gasteiger partial charge in [-0.3, -0.25) is 15.0 Å². The third kappa shape index (κ3) is 5.04. The minimum atomic E-state index is -0.798. The molecule has 0 aromatic carbocycles. The first-order valence-corrected chi connectivity index (χ1v) is 6.80. The molecule has 0 saturated carbocycles. The van der Waals surface area contributed by atoms with Crippen LogP contribution < -0.4 is 5.43 Å². The van der Waals surface area contributed by atoms with Crippen LogP contribution in [-0.2, 0) is 9.59 Å². The Morgan fingerprint density at radius 2 is 1.72 bits per heavy atom. The van der Waals surface area contributed by atoms with E-state index in [0.717, 1.165) is 12.8 Å². The molecule has 0 radical (unpaired) electrons. The van der Waals surface area contributed by atoms with Crippen molar-refractivity contribution >= 4 is 11.9 Å². The molecule has 1 fully saturated rings. The number of nitrogens with one attached hydrogen (secondary N) is 1. The minimum Gasteiger partial charge on any atom is -0.481 e. The molecular formula is C13H24N2O3. The van der Waals surface area contributed by atoms with E-state index in [1.165, 1.54) is 6.42 Å². The molecule has 0 aromatic rings. The molecule has 5 heteroatoms. The van der Waals surface area contributed by atoms with E-state index in [0.29, 0.717) is 31.3 Å². The molecule has 5 nitrogen and oxygen atoms in total. The number of carboxylic acid groups (broad SMARTS) is 1. The molecular weight excluding hydrogens is 232 g/mol. The second-order valence-electron chi connectivity index (χ2n) is 5.17. The zero-order chi connectivity index (χ0) is 13.5. The standard InChI is InChI=1S/C13H24N2O3/c1-10-6-5-7-11(2)15(10)14-12(16)8-3-4-9-13(17)18/h10-11H,3-9H2,1-2H3,(H,14,16)(H,17,18). The number of carboxylic acids is 1. The van der Waals surface area contributed by atoms with E-state index in [9.17, 15) is 9.59 Å². The molecule has 1 amide bonds. The quantitative estimate of drug-likeness (QED) is 0.712. The average molecular weight is 256 g/mol. The summed E-state index contributed by atoms with van der Waals surface area (Å²) >= 11 is 0. The van der Waals surface area contributed by atoms with E-state index >= 15 is 0 Å². The fourth-order valence-corrected chi connectivity index (χ4v) is 2.40. The number of unbranched alkanes of at least 4 members (excludes halogenated alkanes) is 1. The normalized spacial score (nSPS) is 24.8. The molecule has 0 spiro atoms. The molecule has 2 unspecified atom stereocenters. The number of amides is 1. The van der Waals surface area contributed by atoms with Crippen LogP contribution >= 0.6 is 0 Å².